The Morgan fingerprint density at radius 3 is 2.74 bits per heavy atom. The lowest BCUT2D eigenvalue weighted by Gasteiger charge is -2.11. The van der Waals surface area contributed by atoms with Crippen LogP contribution >= 0.6 is 0 Å². The van der Waals surface area contributed by atoms with Crippen LogP contribution < -0.4 is 10.5 Å². The SMILES string of the molecule is Cc1c(NCc2cnccn2)cccc1S(N)(=O)=O. The molecule has 0 atom stereocenters. The highest BCUT2D eigenvalue weighted by molar-refractivity contribution is 7.89. The number of nitrogens with zero attached hydrogens (tertiary/aromatic N) is 2. The van der Waals surface area contributed by atoms with Gasteiger partial charge in [-0.3, -0.25) is 9.97 Å². The summed E-state index contributed by atoms with van der Waals surface area (Å²) in [4.78, 5) is 8.21. The number of aromatic nitrogens is 2. The van der Waals surface area contributed by atoms with E-state index in [4.69, 9.17) is 5.14 Å². The second-order valence-electron chi connectivity index (χ2n) is 4.02. The summed E-state index contributed by atoms with van der Waals surface area (Å²) in [6.07, 6.45) is 4.84. The van der Waals surface area contributed by atoms with Crippen molar-refractivity contribution in [3.63, 3.8) is 0 Å². The number of nitrogens with two attached hydrogens (primary N) is 1. The third-order valence-corrected chi connectivity index (χ3v) is 3.72. The van der Waals surface area contributed by atoms with Gasteiger partial charge in [-0.2, -0.15) is 0 Å². The number of hydrogen-bond acceptors (Lipinski definition) is 5. The lowest BCUT2D eigenvalue weighted by atomic mass is 10.2. The highest BCUT2D eigenvalue weighted by Crippen LogP contribution is 2.22. The van der Waals surface area contributed by atoms with Gasteiger partial charge in [0.1, 0.15) is 0 Å². The number of rotatable bonds is 4. The van der Waals surface area contributed by atoms with Gasteiger partial charge in [-0.1, -0.05) is 6.07 Å². The fraction of sp³-hybridized carbons (Fsp3) is 0.167. The molecule has 1 aromatic carbocycles. The first kappa shape index (κ1) is 13.4. The molecule has 1 heterocycles. The second kappa shape index (κ2) is 5.33. The molecule has 0 radical (unpaired) electrons. The van der Waals surface area contributed by atoms with Crippen LogP contribution in [0.3, 0.4) is 0 Å². The molecule has 2 rings (SSSR count). The standard InChI is InChI=1S/C12H14N4O2S/c1-9-11(3-2-4-12(9)19(13,17)18)16-8-10-7-14-5-6-15-10/h2-7,16H,8H2,1H3,(H2,13,17,18). The minimum Gasteiger partial charge on any atom is -0.379 e. The van der Waals surface area contributed by atoms with Crippen molar-refractivity contribution < 1.29 is 8.42 Å². The monoisotopic (exact) mass is 278 g/mol. The van der Waals surface area contributed by atoms with E-state index < -0.39 is 10.0 Å². The molecule has 0 unspecified atom stereocenters. The molecule has 0 aliphatic carbocycles. The molecule has 1 aromatic heterocycles. The summed E-state index contributed by atoms with van der Waals surface area (Å²) in [7, 11) is -3.71. The number of anilines is 1. The minimum absolute atomic E-state index is 0.122. The zero-order chi connectivity index (χ0) is 13.9. The van der Waals surface area contributed by atoms with Crippen LogP contribution in [-0.4, -0.2) is 18.4 Å². The Kier molecular flexibility index (Phi) is 3.77. The predicted molar refractivity (Wildman–Crippen MR) is 71.9 cm³/mol. The van der Waals surface area contributed by atoms with E-state index in [1.54, 1.807) is 37.6 Å². The van der Waals surface area contributed by atoms with Crippen molar-refractivity contribution in [1.29, 1.82) is 0 Å². The zero-order valence-electron chi connectivity index (χ0n) is 10.4. The number of benzene rings is 1. The van der Waals surface area contributed by atoms with Gasteiger partial charge < -0.3 is 5.32 Å². The molecule has 0 amide bonds. The van der Waals surface area contributed by atoms with Crippen LogP contribution in [0.15, 0.2) is 41.7 Å². The molecule has 19 heavy (non-hydrogen) atoms. The van der Waals surface area contributed by atoms with Gasteiger partial charge >= 0.3 is 0 Å². The number of sulfonamides is 1. The van der Waals surface area contributed by atoms with E-state index in [1.165, 1.54) is 6.07 Å². The van der Waals surface area contributed by atoms with E-state index in [0.717, 1.165) is 5.69 Å². The fourth-order valence-electron chi connectivity index (χ4n) is 1.72. The van der Waals surface area contributed by atoms with Crippen LogP contribution in [0.1, 0.15) is 11.3 Å². The van der Waals surface area contributed by atoms with E-state index in [1.807, 2.05) is 0 Å². The van der Waals surface area contributed by atoms with Crippen LogP contribution in [0.25, 0.3) is 0 Å². The van der Waals surface area contributed by atoms with Gasteiger partial charge in [-0.05, 0) is 24.6 Å². The molecule has 0 saturated heterocycles. The van der Waals surface area contributed by atoms with Gasteiger partial charge in [0.25, 0.3) is 0 Å². The Morgan fingerprint density at radius 1 is 1.32 bits per heavy atom. The van der Waals surface area contributed by atoms with Gasteiger partial charge in [-0.15, -0.1) is 0 Å². The largest absolute Gasteiger partial charge is 0.379 e. The molecule has 0 fully saturated rings. The summed E-state index contributed by atoms with van der Waals surface area (Å²) in [5.74, 6) is 0. The molecule has 100 valence electrons. The quantitative estimate of drug-likeness (QED) is 0.871. The van der Waals surface area contributed by atoms with Crippen molar-refractivity contribution in [3.8, 4) is 0 Å². The maximum atomic E-state index is 11.4. The topological polar surface area (TPSA) is 98.0 Å². The van der Waals surface area contributed by atoms with E-state index >= 15 is 0 Å². The third-order valence-electron chi connectivity index (χ3n) is 2.67. The van der Waals surface area contributed by atoms with Crippen LogP contribution in [0.5, 0.6) is 0 Å². The van der Waals surface area contributed by atoms with E-state index in [9.17, 15) is 8.42 Å². The molecule has 0 aliphatic rings. The first-order chi connectivity index (χ1) is 8.98. The Balaban J connectivity index is 2.23. The van der Waals surface area contributed by atoms with E-state index in [0.29, 0.717) is 17.8 Å². The average molecular weight is 278 g/mol. The van der Waals surface area contributed by atoms with Crippen molar-refractivity contribution in [1.82, 2.24) is 9.97 Å². The summed E-state index contributed by atoms with van der Waals surface area (Å²) in [5.41, 5.74) is 2.06. The maximum absolute atomic E-state index is 11.4. The highest BCUT2D eigenvalue weighted by atomic mass is 32.2. The Morgan fingerprint density at radius 2 is 2.11 bits per heavy atom. The molecule has 6 nitrogen and oxygen atoms in total. The van der Waals surface area contributed by atoms with Gasteiger partial charge in [-0.25, -0.2) is 13.6 Å². The van der Waals surface area contributed by atoms with E-state index in [2.05, 4.69) is 15.3 Å². The number of hydrogen-bond donors (Lipinski definition) is 2. The van der Waals surface area contributed by atoms with Crippen LogP contribution in [0.4, 0.5) is 5.69 Å². The summed E-state index contributed by atoms with van der Waals surface area (Å²) in [5, 5.41) is 8.28. The van der Waals surface area contributed by atoms with Crippen LogP contribution in [-0.2, 0) is 16.6 Å². The lowest BCUT2D eigenvalue weighted by molar-refractivity contribution is 0.597. The first-order valence-corrected chi connectivity index (χ1v) is 7.14. The summed E-state index contributed by atoms with van der Waals surface area (Å²) >= 11 is 0. The molecule has 3 N–H and O–H groups in total. The normalized spacial score (nSPS) is 11.3. The Hall–Kier alpha value is -1.99. The highest BCUT2D eigenvalue weighted by Gasteiger charge is 2.13. The van der Waals surface area contributed by atoms with Gasteiger partial charge in [0, 0.05) is 18.1 Å². The molecule has 7 heteroatoms. The summed E-state index contributed by atoms with van der Waals surface area (Å²) in [6.45, 7) is 2.17. The van der Waals surface area contributed by atoms with Crippen LogP contribution in [0.2, 0.25) is 0 Å². The minimum atomic E-state index is -3.71. The average Bonchev–Trinajstić information content (AvgIpc) is 2.37. The maximum Gasteiger partial charge on any atom is 0.238 e. The van der Waals surface area contributed by atoms with Gasteiger partial charge in [0.2, 0.25) is 10.0 Å². The van der Waals surface area contributed by atoms with Gasteiger partial charge in [0.15, 0.2) is 0 Å². The molecule has 0 spiro atoms. The molecule has 2 aromatic rings. The second-order valence-corrected chi connectivity index (χ2v) is 5.55. The summed E-state index contributed by atoms with van der Waals surface area (Å²) in [6, 6.07) is 4.92. The molecular weight excluding hydrogens is 264 g/mol. The fourth-order valence-corrected chi connectivity index (χ4v) is 2.53. The first-order valence-electron chi connectivity index (χ1n) is 5.59. The number of nitrogens with one attached hydrogen (secondary N) is 1. The number of primary sulfonamides is 1. The van der Waals surface area contributed by atoms with Crippen molar-refractivity contribution in [2.75, 3.05) is 5.32 Å². The van der Waals surface area contributed by atoms with Gasteiger partial charge in [0.05, 0.1) is 23.3 Å². The lowest BCUT2D eigenvalue weighted by Crippen LogP contribution is -2.14. The van der Waals surface area contributed by atoms with Crippen LogP contribution in [0, 0.1) is 6.92 Å². The van der Waals surface area contributed by atoms with Crippen molar-refractivity contribution in [2.45, 2.75) is 18.4 Å². The Labute approximate surface area is 111 Å². The van der Waals surface area contributed by atoms with E-state index in [-0.39, 0.29) is 4.90 Å². The van der Waals surface area contributed by atoms with Crippen molar-refractivity contribution in [2.24, 2.45) is 5.14 Å². The smallest absolute Gasteiger partial charge is 0.238 e. The molecule has 0 aliphatic heterocycles. The zero-order valence-corrected chi connectivity index (χ0v) is 11.2. The molecular formula is C12H14N4O2S. The molecule has 0 saturated carbocycles. The molecule has 0 bridgehead atoms. The van der Waals surface area contributed by atoms with Crippen molar-refractivity contribution >= 4 is 15.7 Å². The summed E-state index contributed by atoms with van der Waals surface area (Å²) < 4.78 is 22.8. The predicted octanol–water partition coefficient (Wildman–Crippen LogP) is 1.04. The Bertz CT molecular complexity index is 671. The third kappa shape index (κ3) is 3.27. The van der Waals surface area contributed by atoms with Crippen molar-refractivity contribution in [3.05, 3.63) is 48.0 Å².